The molecule has 2 aliphatic rings. The van der Waals surface area contributed by atoms with Gasteiger partial charge in [0.15, 0.2) is 0 Å². The van der Waals surface area contributed by atoms with E-state index in [9.17, 15) is 4.79 Å². The van der Waals surface area contributed by atoms with Crippen LogP contribution >= 0.6 is 0 Å². The molecule has 1 heterocycles. The fourth-order valence-electron chi connectivity index (χ4n) is 3.96. The Balaban J connectivity index is 2.21. The van der Waals surface area contributed by atoms with Crippen LogP contribution in [0.5, 0.6) is 0 Å². The lowest BCUT2D eigenvalue weighted by Gasteiger charge is -2.41. The summed E-state index contributed by atoms with van der Waals surface area (Å²) in [6.07, 6.45) is 5.17. The smallest absolute Gasteiger partial charge is 0.241 e. The van der Waals surface area contributed by atoms with Crippen molar-refractivity contribution in [1.29, 1.82) is 0 Å². The average molecular weight is 295 g/mol. The molecule has 4 nitrogen and oxygen atoms in total. The van der Waals surface area contributed by atoms with Crippen LogP contribution in [0.2, 0.25) is 0 Å². The monoisotopic (exact) mass is 295 g/mol. The van der Waals surface area contributed by atoms with Gasteiger partial charge in [-0.3, -0.25) is 10.1 Å². The van der Waals surface area contributed by atoms with Crippen molar-refractivity contribution in [3.8, 4) is 0 Å². The molecule has 122 valence electrons. The SMILES string of the molecule is CC(C)C1NC(C(C)C)N(CC2(N(C)C)CCCC2)C1=O. The Hall–Kier alpha value is -0.610. The predicted molar refractivity (Wildman–Crippen MR) is 87.0 cm³/mol. The molecule has 1 aliphatic heterocycles. The molecule has 0 bridgehead atoms. The van der Waals surface area contributed by atoms with Crippen LogP contribution in [0.15, 0.2) is 0 Å². The quantitative estimate of drug-likeness (QED) is 0.845. The summed E-state index contributed by atoms with van der Waals surface area (Å²) in [7, 11) is 4.34. The molecule has 1 saturated heterocycles. The highest BCUT2D eigenvalue weighted by Crippen LogP contribution is 2.36. The Morgan fingerprint density at radius 3 is 2.19 bits per heavy atom. The fourth-order valence-corrected chi connectivity index (χ4v) is 3.96. The van der Waals surface area contributed by atoms with Gasteiger partial charge in [0.1, 0.15) is 0 Å². The second-order valence-electron chi connectivity index (χ2n) is 7.87. The van der Waals surface area contributed by atoms with Crippen LogP contribution in [-0.4, -0.2) is 54.1 Å². The Morgan fingerprint density at radius 1 is 1.19 bits per heavy atom. The summed E-state index contributed by atoms with van der Waals surface area (Å²) in [5.41, 5.74) is 0.177. The van der Waals surface area contributed by atoms with E-state index in [1.165, 1.54) is 25.7 Å². The molecule has 1 saturated carbocycles. The number of hydrogen-bond donors (Lipinski definition) is 1. The van der Waals surface area contributed by atoms with Crippen molar-refractivity contribution in [3.05, 3.63) is 0 Å². The molecular formula is C17H33N3O. The van der Waals surface area contributed by atoms with Gasteiger partial charge in [-0.15, -0.1) is 0 Å². The third kappa shape index (κ3) is 3.11. The van der Waals surface area contributed by atoms with E-state index in [1.54, 1.807) is 0 Å². The van der Waals surface area contributed by atoms with E-state index >= 15 is 0 Å². The highest BCUT2D eigenvalue weighted by atomic mass is 16.2. The van der Waals surface area contributed by atoms with Crippen molar-refractivity contribution in [2.24, 2.45) is 11.8 Å². The second kappa shape index (κ2) is 6.25. The number of nitrogens with zero attached hydrogens (tertiary/aromatic N) is 2. The summed E-state index contributed by atoms with van der Waals surface area (Å²) in [4.78, 5) is 17.4. The molecule has 0 radical (unpaired) electrons. The third-order valence-corrected chi connectivity index (χ3v) is 5.48. The molecular weight excluding hydrogens is 262 g/mol. The minimum atomic E-state index is -0.0157. The van der Waals surface area contributed by atoms with E-state index < -0.39 is 0 Å². The molecule has 2 fully saturated rings. The van der Waals surface area contributed by atoms with E-state index in [-0.39, 0.29) is 17.7 Å². The summed E-state index contributed by atoms with van der Waals surface area (Å²) >= 11 is 0. The van der Waals surface area contributed by atoms with Gasteiger partial charge in [-0.1, -0.05) is 40.5 Å². The minimum Gasteiger partial charge on any atom is -0.324 e. The zero-order valence-corrected chi connectivity index (χ0v) is 14.6. The maximum absolute atomic E-state index is 12.9. The van der Waals surface area contributed by atoms with Crippen LogP contribution in [0.3, 0.4) is 0 Å². The number of likely N-dealkylation sites (N-methyl/N-ethyl adjacent to an activating group) is 1. The van der Waals surface area contributed by atoms with Gasteiger partial charge in [0.2, 0.25) is 5.91 Å². The highest BCUT2D eigenvalue weighted by Gasteiger charge is 2.46. The van der Waals surface area contributed by atoms with Crippen LogP contribution < -0.4 is 5.32 Å². The van der Waals surface area contributed by atoms with Crippen molar-refractivity contribution in [2.75, 3.05) is 20.6 Å². The van der Waals surface area contributed by atoms with Gasteiger partial charge < -0.3 is 9.80 Å². The molecule has 2 unspecified atom stereocenters. The topological polar surface area (TPSA) is 35.6 Å². The summed E-state index contributed by atoms with van der Waals surface area (Å²) < 4.78 is 0. The Morgan fingerprint density at radius 2 is 1.76 bits per heavy atom. The van der Waals surface area contributed by atoms with E-state index in [0.29, 0.717) is 17.7 Å². The van der Waals surface area contributed by atoms with Crippen molar-refractivity contribution in [3.63, 3.8) is 0 Å². The summed E-state index contributed by atoms with van der Waals surface area (Å²) in [6, 6.07) is -0.0157. The van der Waals surface area contributed by atoms with E-state index in [2.05, 4.69) is 56.9 Å². The van der Waals surface area contributed by atoms with Crippen molar-refractivity contribution >= 4 is 5.91 Å². The molecule has 1 aliphatic carbocycles. The molecule has 2 rings (SSSR count). The summed E-state index contributed by atoms with van der Waals surface area (Å²) in [6.45, 7) is 9.55. The summed E-state index contributed by atoms with van der Waals surface area (Å²) in [5, 5.41) is 3.58. The number of carbonyl (C=O) groups excluding carboxylic acids is 1. The maximum atomic E-state index is 12.9. The number of nitrogens with one attached hydrogen (secondary N) is 1. The van der Waals surface area contributed by atoms with E-state index in [0.717, 1.165) is 6.54 Å². The van der Waals surface area contributed by atoms with Crippen LogP contribution in [0.1, 0.15) is 53.4 Å². The second-order valence-corrected chi connectivity index (χ2v) is 7.87. The molecule has 2 atom stereocenters. The largest absolute Gasteiger partial charge is 0.324 e. The molecule has 0 aromatic heterocycles. The van der Waals surface area contributed by atoms with Gasteiger partial charge >= 0.3 is 0 Å². The number of carbonyl (C=O) groups is 1. The lowest BCUT2D eigenvalue weighted by atomic mass is 9.94. The first-order valence-electron chi connectivity index (χ1n) is 8.52. The van der Waals surface area contributed by atoms with Gasteiger partial charge in [-0.05, 0) is 38.8 Å². The first-order valence-corrected chi connectivity index (χ1v) is 8.52. The standard InChI is InChI=1S/C17H33N3O/c1-12(2)14-16(21)20(15(18-14)13(3)4)11-17(19(5)6)9-7-8-10-17/h12-15,18H,7-11H2,1-6H3. The molecule has 21 heavy (non-hydrogen) atoms. The van der Waals surface area contributed by atoms with Crippen LogP contribution in [0.25, 0.3) is 0 Å². The summed E-state index contributed by atoms with van der Waals surface area (Å²) in [5.74, 6) is 1.10. The fraction of sp³-hybridized carbons (Fsp3) is 0.941. The van der Waals surface area contributed by atoms with Crippen molar-refractivity contribution in [1.82, 2.24) is 15.1 Å². The first kappa shape index (κ1) is 16.8. The highest BCUT2D eigenvalue weighted by molar-refractivity contribution is 5.84. The predicted octanol–water partition coefficient (Wildman–Crippen LogP) is 2.30. The van der Waals surface area contributed by atoms with Gasteiger partial charge in [-0.2, -0.15) is 0 Å². The van der Waals surface area contributed by atoms with E-state index in [4.69, 9.17) is 0 Å². The molecule has 1 N–H and O–H groups in total. The number of hydrogen-bond acceptors (Lipinski definition) is 3. The maximum Gasteiger partial charge on any atom is 0.241 e. The minimum absolute atomic E-state index is 0.0157. The lowest BCUT2D eigenvalue weighted by Crippen LogP contribution is -2.55. The third-order valence-electron chi connectivity index (χ3n) is 5.48. The molecule has 1 amide bonds. The number of amides is 1. The Labute approximate surface area is 130 Å². The first-order chi connectivity index (χ1) is 9.78. The Kier molecular flexibility index (Phi) is 4.99. The van der Waals surface area contributed by atoms with Crippen LogP contribution in [0.4, 0.5) is 0 Å². The van der Waals surface area contributed by atoms with Gasteiger partial charge in [0.05, 0.1) is 12.2 Å². The van der Waals surface area contributed by atoms with Crippen LogP contribution in [-0.2, 0) is 4.79 Å². The zero-order valence-electron chi connectivity index (χ0n) is 14.6. The number of rotatable bonds is 5. The van der Waals surface area contributed by atoms with Crippen LogP contribution in [0, 0.1) is 11.8 Å². The Bertz CT molecular complexity index is 372. The van der Waals surface area contributed by atoms with Gasteiger partial charge in [0.25, 0.3) is 0 Å². The molecule has 0 aromatic rings. The van der Waals surface area contributed by atoms with Gasteiger partial charge in [0, 0.05) is 12.1 Å². The zero-order chi connectivity index (χ0) is 15.8. The van der Waals surface area contributed by atoms with Crippen molar-refractivity contribution in [2.45, 2.75) is 71.1 Å². The van der Waals surface area contributed by atoms with Crippen molar-refractivity contribution < 1.29 is 4.79 Å². The molecule has 4 heteroatoms. The molecule has 0 aromatic carbocycles. The van der Waals surface area contributed by atoms with E-state index in [1.807, 2.05) is 0 Å². The lowest BCUT2D eigenvalue weighted by molar-refractivity contribution is -0.133. The average Bonchev–Trinajstić information content (AvgIpc) is 2.97. The molecule has 0 spiro atoms. The van der Waals surface area contributed by atoms with Gasteiger partial charge in [-0.25, -0.2) is 0 Å². The normalized spacial score (nSPS) is 29.4.